The molecule has 0 amide bonds. The summed E-state index contributed by atoms with van der Waals surface area (Å²) in [6.07, 6.45) is 3.00. The minimum atomic E-state index is -0.957. The Labute approximate surface area is 115 Å². The first kappa shape index (κ1) is 12.2. The van der Waals surface area contributed by atoms with Crippen molar-refractivity contribution >= 4 is 16.7 Å². The minimum absolute atomic E-state index is 0.0777. The van der Waals surface area contributed by atoms with Gasteiger partial charge in [0.1, 0.15) is 5.75 Å². The van der Waals surface area contributed by atoms with E-state index < -0.39 is 5.97 Å². The van der Waals surface area contributed by atoms with Gasteiger partial charge in [-0.25, -0.2) is 4.79 Å². The number of aromatic hydroxyl groups is 1. The van der Waals surface area contributed by atoms with E-state index in [1.54, 1.807) is 36.5 Å². The standard InChI is InChI=1S/C16H11NO3/c18-11-7-10(8-17-9-11)12-5-6-15(16(19)20)14-4-2-1-3-13(12)14/h1-9,18H,(H,19,20). The van der Waals surface area contributed by atoms with Crippen LogP contribution in [0, 0.1) is 0 Å². The summed E-state index contributed by atoms with van der Waals surface area (Å²) < 4.78 is 0. The quantitative estimate of drug-likeness (QED) is 0.745. The second-order valence-electron chi connectivity index (χ2n) is 4.44. The van der Waals surface area contributed by atoms with Gasteiger partial charge in [-0.3, -0.25) is 4.98 Å². The summed E-state index contributed by atoms with van der Waals surface area (Å²) in [4.78, 5) is 15.2. The molecule has 0 radical (unpaired) electrons. The molecule has 0 aliphatic rings. The summed E-state index contributed by atoms with van der Waals surface area (Å²) >= 11 is 0. The Kier molecular flexibility index (Phi) is 2.84. The van der Waals surface area contributed by atoms with Gasteiger partial charge in [-0.15, -0.1) is 0 Å². The lowest BCUT2D eigenvalue weighted by Crippen LogP contribution is -1.98. The highest BCUT2D eigenvalue weighted by Gasteiger charge is 2.12. The van der Waals surface area contributed by atoms with Crippen LogP contribution in [0.25, 0.3) is 21.9 Å². The number of pyridine rings is 1. The van der Waals surface area contributed by atoms with E-state index in [2.05, 4.69) is 4.98 Å². The van der Waals surface area contributed by atoms with E-state index in [4.69, 9.17) is 0 Å². The van der Waals surface area contributed by atoms with E-state index in [1.165, 1.54) is 6.20 Å². The second kappa shape index (κ2) is 4.66. The summed E-state index contributed by atoms with van der Waals surface area (Å²) in [5.41, 5.74) is 1.85. The summed E-state index contributed by atoms with van der Waals surface area (Å²) in [6, 6.07) is 12.2. The van der Waals surface area contributed by atoms with Crippen LogP contribution < -0.4 is 0 Å². The van der Waals surface area contributed by atoms with Crippen molar-refractivity contribution in [2.75, 3.05) is 0 Å². The monoisotopic (exact) mass is 265 g/mol. The number of nitrogens with zero attached hydrogens (tertiary/aromatic N) is 1. The van der Waals surface area contributed by atoms with Gasteiger partial charge in [-0.2, -0.15) is 0 Å². The molecule has 3 aromatic rings. The van der Waals surface area contributed by atoms with Crippen LogP contribution in [0.15, 0.2) is 54.9 Å². The van der Waals surface area contributed by atoms with Crippen LogP contribution in [-0.2, 0) is 0 Å². The molecule has 0 spiro atoms. The Morgan fingerprint density at radius 2 is 1.75 bits per heavy atom. The molecular weight excluding hydrogens is 254 g/mol. The second-order valence-corrected chi connectivity index (χ2v) is 4.44. The van der Waals surface area contributed by atoms with E-state index in [9.17, 15) is 15.0 Å². The van der Waals surface area contributed by atoms with E-state index in [0.29, 0.717) is 5.39 Å². The number of fused-ring (bicyclic) bond motifs is 1. The number of aromatic nitrogens is 1. The summed E-state index contributed by atoms with van der Waals surface area (Å²) in [5.74, 6) is -0.879. The Hall–Kier alpha value is -2.88. The van der Waals surface area contributed by atoms with E-state index in [0.717, 1.165) is 16.5 Å². The summed E-state index contributed by atoms with van der Waals surface area (Å²) in [6.45, 7) is 0. The zero-order chi connectivity index (χ0) is 14.1. The number of benzene rings is 2. The van der Waals surface area contributed by atoms with E-state index in [-0.39, 0.29) is 11.3 Å². The number of hydrogen-bond donors (Lipinski definition) is 2. The van der Waals surface area contributed by atoms with Crippen LogP contribution in [0.4, 0.5) is 0 Å². The highest BCUT2D eigenvalue weighted by molar-refractivity contribution is 6.08. The molecule has 0 saturated carbocycles. The fraction of sp³-hybridized carbons (Fsp3) is 0. The number of carbonyl (C=O) groups is 1. The molecule has 3 rings (SSSR count). The number of aromatic carboxylic acids is 1. The topological polar surface area (TPSA) is 70.4 Å². The number of carboxylic acids is 1. The Morgan fingerprint density at radius 3 is 2.45 bits per heavy atom. The van der Waals surface area contributed by atoms with Gasteiger partial charge in [0.2, 0.25) is 0 Å². The van der Waals surface area contributed by atoms with Gasteiger partial charge in [0.25, 0.3) is 0 Å². The predicted molar refractivity (Wildman–Crippen MR) is 75.8 cm³/mol. The van der Waals surface area contributed by atoms with Crippen molar-refractivity contribution in [1.29, 1.82) is 0 Å². The first-order valence-electron chi connectivity index (χ1n) is 6.06. The largest absolute Gasteiger partial charge is 0.506 e. The third-order valence-electron chi connectivity index (χ3n) is 3.19. The molecule has 1 heterocycles. The summed E-state index contributed by atoms with van der Waals surface area (Å²) in [5, 5.41) is 20.3. The maximum atomic E-state index is 11.3. The van der Waals surface area contributed by atoms with Crippen molar-refractivity contribution in [2.45, 2.75) is 0 Å². The molecule has 98 valence electrons. The molecule has 0 aliphatic carbocycles. The zero-order valence-corrected chi connectivity index (χ0v) is 10.4. The van der Waals surface area contributed by atoms with Gasteiger partial charge in [-0.05, 0) is 28.5 Å². The molecule has 0 bridgehead atoms. The van der Waals surface area contributed by atoms with Gasteiger partial charge in [-0.1, -0.05) is 30.3 Å². The molecule has 2 N–H and O–H groups in total. The third-order valence-corrected chi connectivity index (χ3v) is 3.19. The molecule has 20 heavy (non-hydrogen) atoms. The first-order chi connectivity index (χ1) is 9.66. The van der Waals surface area contributed by atoms with Crippen molar-refractivity contribution in [3.05, 3.63) is 60.4 Å². The fourth-order valence-corrected chi connectivity index (χ4v) is 2.31. The SMILES string of the molecule is O=C(O)c1ccc(-c2cncc(O)c2)c2ccccc12. The number of carboxylic acid groups (broad SMARTS) is 1. The highest BCUT2D eigenvalue weighted by Crippen LogP contribution is 2.31. The lowest BCUT2D eigenvalue weighted by Gasteiger charge is -2.09. The maximum Gasteiger partial charge on any atom is 0.336 e. The van der Waals surface area contributed by atoms with Crippen LogP contribution >= 0.6 is 0 Å². The number of rotatable bonds is 2. The average molecular weight is 265 g/mol. The van der Waals surface area contributed by atoms with Crippen molar-refractivity contribution in [3.8, 4) is 16.9 Å². The molecule has 0 atom stereocenters. The molecule has 0 fully saturated rings. The van der Waals surface area contributed by atoms with Gasteiger partial charge in [0, 0.05) is 11.8 Å². The average Bonchev–Trinajstić information content (AvgIpc) is 2.46. The van der Waals surface area contributed by atoms with Crippen molar-refractivity contribution in [3.63, 3.8) is 0 Å². The van der Waals surface area contributed by atoms with E-state index in [1.807, 2.05) is 12.1 Å². The lowest BCUT2D eigenvalue weighted by atomic mass is 9.96. The molecule has 0 unspecified atom stereocenters. The Balaban J connectivity index is 2.33. The zero-order valence-electron chi connectivity index (χ0n) is 10.4. The third kappa shape index (κ3) is 1.97. The number of hydrogen-bond acceptors (Lipinski definition) is 3. The van der Waals surface area contributed by atoms with Gasteiger partial charge < -0.3 is 10.2 Å². The molecule has 1 aromatic heterocycles. The molecule has 0 aliphatic heterocycles. The Bertz CT molecular complexity index is 812. The van der Waals surface area contributed by atoms with Crippen LogP contribution in [0.1, 0.15) is 10.4 Å². The van der Waals surface area contributed by atoms with Crippen LogP contribution in [0.3, 0.4) is 0 Å². The van der Waals surface area contributed by atoms with Crippen LogP contribution in [0.2, 0.25) is 0 Å². The van der Waals surface area contributed by atoms with E-state index >= 15 is 0 Å². The maximum absolute atomic E-state index is 11.3. The fourth-order valence-electron chi connectivity index (χ4n) is 2.31. The van der Waals surface area contributed by atoms with Crippen molar-refractivity contribution in [1.82, 2.24) is 4.98 Å². The molecule has 4 heteroatoms. The van der Waals surface area contributed by atoms with Crippen molar-refractivity contribution in [2.24, 2.45) is 0 Å². The predicted octanol–water partition coefficient (Wildman–Crippen LogP) is 3.31. The van der Waals surface area contributed by atoms with Gasteiger partial charge in [0.05, 0.1) is 11.8 Å². The van der Waals surface area contributed by atoms with Gasteiger partial charge >= 0.3 is 5.97 Å². The van der Waals surface area contributed by atoms with Crippen molar-refractivity contribution < 1.29 is 15.0 Å². The normalized spacial score (nSPS) is 10.6. The molecular formula is C16H11NO3. The molecule has 4 nitrogen and oxygen atoms in total. The molecule has 2 aromatic carbocycles. The minimum Gasteiger partial charge on any atom is -0.506 e. The molecule has 0 saturated heterocycles. The Morgan fingerprint density at radius 1 is 1.00 bits per heavy atom. The van der Waals surface area contributed by atoms with Crippen LogP contribution in [0.5, 0.6) is 5.75 Å². The smallest absolute Gasteiger partial charge is 0.336 e. The van der Waals surface area contributed by atoms with Gasteiger partial charge in [0.15, 0.2) is 0 Å². The highest BCUT2D eigenvalue weighted by atomic mass is 16.4. The lowest BCUT2D eigenvalue weighted by molar-refractivity contribution is 0.0699. The van der Waals surface area contributed by atoms with Crippen LogP contribution in [-0.4, -0.2) is 21.2 Å². The first-order valence-corrected chi connectivity index (χ1v) is 6.06. The summed E-state index contributed by atoms with van der Waals surface area (Å²) in [7, 11) is 0.